The van der Waals surface area contributed by atoms with Crippen LogP contribution in [0.15, 0.2) is 30.3 Å². The first-order valence-corrected chi connectivity index (χ1v) is 17.1. The van der Waals surface area contributed by atoms with Gasteiger partial charge in [0, 0.05) is 37.7 Å². The third-order valence-electron chi connectivity index (χ3n) is 6.14. The SMILES string of the molecule is C[N-]C(=O)C(CC(C)(C)Cc1ccccc1)C(C)(C)SC(=S)SCCO[C](C)([In])C(=O)COC(=O)COC(C)C.[Ho]. The van der Waals surface area contributed by atoms with Crippen molar-refractivity contribution in [2.75, 3.05) is 32.6 Å². The van der Waals surface area contributed by atoms with E-state index in [4.69, 9.17) is 26.4 Å². The molecule has 0 spiro atoms. The van der Waals surface area contributed by atoms with Gasteiger partial charge < -0.3 is 0 Å². The van der Waals surface area contributed by atoms with E-state index >= 15 is 0 Å². The zero-order valence-corrected chi connectivity index (χ0v) is 33.0. The maximum Gasteiger partial charge on any atom is 0 e. The van der Waals surface area contributed by atoms with E-state index in [-0.39, 0.29) is 80.1 Å². The van der Waals surface area contributed by atoms with Gasteiger partial charge in [-0.15, -0.1) is 0 Å². The summed E-state index contributed by atoms with van der Waals surface area (Å²) in [6.45, 7) is 13.6. The summed E-state index contributed by atoms with van der Waals surface area (Å²) in [5.74, 6) is -0.708. The molecule has 1 aromatic rings. The van der Waals surface area contributed by atoms with Gasteiger partial charge in [0.25, 0.3) is 0 Å². The minimum atomic E-state index is -0.983. The topological polar surface area (TPSA) is 93.0 Å². The number of ether oxygens (including phenoxy) is 3. The van der Waals surface area contributed by atoms with Gasteiger partial charge in [0.15, 0.2) is 0 Å². The number of carbonyl (C=O) groups is 3. The van der Waals surface area contributed by atoms with E-state index < -0.39 is 14.1 Å². The van der Waals surface area contributed by atoms with Crippen molar-refractivity contribution < 1.29 is 66.3 Å². The molecule has 0 N–H and O–H groups in total. The van der Waals surface area contributed by atoms with Gasteiger partial charge in [0.05, 0.1) is 0 Å². The number of carbonyl (C=O) groups excluding carboxylic acids is 3. The molecular formula is C29H43HoInNO6S3-. The van der Waals surface area contributed by atoms with Crippen LogP contribution in [0, 0.1) is 49.1 Å². The maximum absolute atomic E-state index is 12.9. The van der Waals surface area contributed by atoms with Crippen molar-refractivity contribution >= 4 is 81.3 Å². The van der Waals surface area contributed by atoms with Crippen molar-refractivity contribution in [2.45, 2.75) is 75.5 Å². The molecule has 0 heterocycles. The molecule has 0 saturated heterocycles. The Morgan fingerprint density at radius 2 is 1.66 bits per heavy atom. The van der Waals surface area contributed by atoms with Crippen LogP contribution in [0.25, 0.3) is 5.32 Å². The molecule has 0 saturated carbocycles. The average Bonchev–Trinajstić information content (AvgIpc) is 2.86. The number of ketones is 1. The molecule has 2 unspecified atom stereocenters. The quantitative estimate of drug-likeness (QED) is 0.0840. The molecule has 1 aromatic carbocycles. The normalized spacial score (nSPS) is 14.0. The van der Waals surface area contributed by atoms with Gasteiger partial charge >= 0.3 is 235 Å². The second kappa shape index (κ2) is 19.9. The van der Waals surface area contributed by atoms with Gasteiger partial charge in [0.1, 0.15) is 0 Å². The molecule has 0 fully saturated rings. The van der Waals surface area contributed by atoms with Crippen LogP contribution in [0.1, 0.15) is 60.5 Å². The van der Waals surface area contributed by atoms with Gasteiger partial charge in [-0.25, -0.2) is 0 Å². The van der Waals surface area contributed by atoms with Crippen LogP contribution in [-0.4, -0.2) is 92.4 Å². The van der Waals surface area contributed by atoms with Crippen molar-refractivity contribution in [3.63, 3.8) is 0 Å². The van der Waals surface area contributed by atoms with E-state index in [1.165, 1.54) is 29.1 Å². The first kappa shape index (κ1) is 41.7. The molecule has 7 nitrogen and oxygen atoms in total. The molecule has 41 heavy (non-hydrogen) atoms. The fourth-order valence-corrected chi connectivity index (χ4v) is 7.59. The standard InChI is InChI=1S/C29H44NO6S3.Ho.In/c1-20(2)35-19-25(32)36-18-24(31)21(3)34-14-15-38-27(37)39-29(6,7)23(26(33)30-8)17-28(4,5)16-22-12-10-9-11-13-22;;/h9-13,20,23H,14-19H2,1-8H3,(H,30,33);;/p-1. The van der Waals surface area contributed by atoms with Crippen molar-refractivity contribution in [3.8, 4) is 0 Å². The Hall–Kier alpha value is 0.670. The first-order chi connectivity index (χ1) is 18.5. The molecule has 2 atom stereocenters. The van der Waals surface area contributed by atoms with Crippen LogP contribution < -0.4 is 0 Å². The fraction of sp³-hybridized carbons (Fsp3) is 0.655. The van der Waals surface area contributed by atoms with E-state index in [0.717, 1.165) is 6.42 Å². The Kier molecular flexibility index (Phi) is 20.3. The number of esters is 1. The van der Waals surface area contributed by atoms with Crippen molar-refractivity contribution in [1.82, 2.24) is 0 Å². The molecule has 0 bridgehead atoms. The Morgan fingerprint density at radius 3 is 2.22 bits per heavy atom. The summed E-state index contributed by atoms with van der Waals surface area (Å²) in [5.41, 5.74) is 1.14. The van der Waals surface area contributed by atoms with Crippen LogP contribution in [0.3, 0.4) is 0 Å². The smallest absolute Gasteiger partial charge is 0 e. The van der Waals surface area contributed by atoms with Crippen LogP contribution in [0.2, 0.25) is 0 Å². The number of hydrogen-bond acceptors (Lipinski definition) is 9. The second-order valence-corrected chi connectivity index (χ2v) is 18.4. The number of benzene rings is 1. The Labute approximate surface area is 305 Å². The molecule has 0 aliphatic carbocycles. The van der Waals surface area contributed by atoms with E-state index in [0.29, 0.717) is 46.7 Å². The van der Waals surface area contributed by atoms with E-state index in [1.54, 1.807) is 14.0 Å². The molecule has 0 aliphatic heterocycles. The minimum absolute atomic E-state index is 0. The summed E-state index contributed by atoms with van der Waals surface area (Å²) >= 11 is 9.16. The summed E-state index contributed by atoms with van der Waals surface area (Å²) < 4.78 is 15.3. The maximum atomic E-state index is 12.9. The summed E-state index contributed by atoms with van der Waals surface area (Å²) in [6.07, 6.45) is 1.45. The number of thioether (sulfide) groups is 2. The Bertz CT molecular complexity index is 992. The molecule has 233 valence electrons. The molecule has 1 rings (SSSR count). The molecule has 3 radical (unpaired) electrons. The monoisotopic (exact) mass is 877 g/mol. The van der Waals surface area contributed by atoms with E-state index in [9.17, 15) is 14.4 Å². The third-order valence-corrected chi connectivity index (χ3v) is 10.3. The zero-order valence-electron chi connectivity index (χ0n) is 25.3. The molecule has 0 aliphatic rings. The molecule has 1 amide bonds. The Balaban J connectivity index is 0.0000160. The summed E-state index contributed by atoms with van der Waals surface area (Å²) in [5, 5.41) is 4.03. The van der Waals surface area contributed by atoms with Gasteiger partial charge in [-0.3, -0.25) is 0 Å². The third kappa shape index (κ3) is 17.1. The molecular weight excluding hydrogens is 834 g/mol. The van der Waals surface area contributed by atoms with Crippen LogP contribution in [0.4, 0.5) is 0 Å². The minimum Gasteiger partial charge on any atom is 0 e. The number of nitrogens with zero attached hydrogens (tertiary/aromatic N) is 1. The van der Waals surface area contributed by atoms with E-state index in [2.05, 4.69) is 31.3 Å². The first-order valence-electron chi connectivity index (χ1n) is 13.3. The zero-order chi connectivity index (χ0) is 30.6. The summed E-state index contributed by atoms with van der Waals surface area (Å²) in [7, 11) is 1.55. The number of amides is 1. The van der Waals surface area contributed by atoms with Crippen molar-refractivity contribution in [2.24, 2.45) is 11.3 Å². The molecule has 12 heteroatoms. The Morgan fingerprint density at radius 1 is 1.05 bits per heavy atom. The predicted molar refractivity (Wildman–Crippen MR) is 170 cm³/mol. The average molecular weight is 878 g/mol. The van der Waals surface area contributed by atoms with E-state index in [1.807, 2.05) is 45.9 Å². The van der Waals surface area contributed by atoms with Crippen molar-refractivity contribution in [1.29, 1.82) is 0 Å². The van der Waals surface area contributed by atoms with Gasteiger partial charge in [0.2, 0.25) is 0 Å². The molecule has 0 aromatic heterocycles. The predicted octanol–water partition coefficient (Wildman–Crippen LogP) is 5.76. The van der Waals surface area contributed by atoms with Gasteiger partial charge in [-0.1, -0.05) is 30.3 Å². The number of hydrogen-bond donors (Lipinski definition) is 0. The summed E-state index contributed by atoms with van der Waals surface area (Å²) in [4.78, 5) is 37.2. The number of Topliss-reactive ketones (excluding diaryl/α,β-unsaturated/α-hetero) is 1. The summed E-state index contributed by atoms with van der Waals surface area (Å²) in [6, 6.07) is 10.3. The van der Waals surface area contributed by atoms with Crippen LogP contribution in [-0.2, 0) is 35.0 Å². The van der Waals surface area contributed by atoms with Crippen molar-refractivity contribution in [3.05, 3.63) is 41.2 Å². The van der Waals surface area contributed by atoms with Crippen LogP contribution >= 0.6 is 35.7 Å². The van der Waals surface area contributed by atoms with Crippen LogP contribution in [0.5, 0.6) is 0 Å². The second-order valence-electron chi connectivity index (χ2n) is 11.3. The number of rotatable bonds is 17. The largest absolute Gasteiger partial charge is 0 e. The van der Waals surface area contributed by atoms with Gasteiger partial charge in [-0.05, 0) is 5.56 Å². The van der Waals surface area contributed by atoms with Gasteiger partial charge in [-0.2, -0.15) is 0 Å². The fourth-order valence-electron chi connectivity index (χ4n) is 3.90. The number of thiocarbonyl (C=S) groups is 1.